The van der Waals surface area contributed by atoms with Crippen molar-refractivity contribution in [1.82, 2.24) is 0 Å². The number of hydrogen-bond acceptors (Lipinski definition) is 3. The Kier molecular flexibility index (Phi) is 5.01. The molecule has 0 bridgehead atoms. The van der Waals surface area contributed by atoms with E-state index in [0.717, 1.165) is 23.4 Å². The number of allylic oxidation sites excluding steroid dienone is 1. The summed E-state index contributed by atoms with van der Waals surface area (Å²) in [5, 5.41) is 9.89. The first-order valence-corrected chi connectivity index (χ1v) is 9.67. The van der Waals surface area contributed by atoms with Gasteiger partial charge in [-0.2, -0.15) is 13.0 Å². The summed E-state index contributed by atoms with van der Waals surface area (Å²) < 4.78 is 32.9. The van der Waals surface area contributed by atoms with Gasteiger partial charge in [-0.25, -0.2) is 0 Å². The van der Waals surface area contributed by atoms with Gasteiger partial charge in [0.1, 0.15) is 12.3 Å². The van der Waals surface area contributed by atoms with E-state index in [1.54, 1.807) is 12.1 Å². The molecule has 6 heteroatoms. The summed E-state index contributed by atoms with van der Waals surface area (Å²) in [6, 6.07) is 15.1. The highest BCUT2D eigenvalue weighted by molar-refractivity contribution is 7.85. The minimum atomic E-state index is -3.96. The van der Waals surface area contributed by atoms with Crippen molar-refractivity contribution in [2.75, 3.05) is 12.3 Å². The second-order valence-corrected chi connectivity index (χ2v) is 7.55. The number of para-hydroxylation sites is 2. The van der Waals surface area contributed by atoms with Crippen molar-refractivity contribution in [2.45, 2.75) is 12.8 Å². The summed E-state index contributed by atoms with van der Waals surface area (Å²) in [7, 11) is -3.96. The van der Waals surface area contributed by atoms with Gasteiger partial charge < -0.3 is 5.11 Å². The Bertz CT molecular complexity index is 945. The zero-order chi connectivity index (χ0) is 17.9. The maximum atomic E-state index is 11.0. The fraction of sp³-hybridized carbons (Fsp3) is 0.211. The molecule has 0 saturated carbocycles. The van der Waals surface area contributed by atoms with Crippen LogP contribution in [0.4, 0.5) is 5.69 Å². The van der Waals surface area contributed by atoms with Crippen LogP contribution in [-0.2, 0) is 16.5 Å². The number of aromatic hydroxyl groups is 1. The fourth-order valence-electron chi connectivity index (χ4n) is 3.00. The molecule has 0 amide bonds. The van der Waals surface area contributed by atoms with Crippen molar-refractivity contribution >= 4 is 27.6 Å². The van der Waals surface area contributed by atoms with E-state index in [2.05, 4.69) is 4.58 Å². The highest BCUT2D eigenvalue weighted by Gasteiger charge is 2.27. The zero-order valence-electron chi connectivity index (χ0n) is 13.7. The molecule has 0 saturated heterocycles. The first kappa shape index (κ1) is 17.4. The average molecular weight is 358 g/mol. The SMILES string of the molecule is O=S(=O)(O)CCC[N+]1=C(/C=C/c2ccccc2O)Cc2ccccc21. The summed E-state index contributed by atoms with van der Waals surface area (Å²) in [6.07, 6.45) is 4.88. The number of phenols is 1. The third-order valence-corrected chi connectivity index (χ3v) is 4.98. The first-order chi connectivity index (χ1) is 11.9. The number of rotatable bonds is 6. The van der Waals surface area contributed by atoms with E-state index in [9.17, 15) is 13.5 Å². The molecule has 0 radical (unpaired) electrons. The summed E-state index contributed by atoms with van der Waals surface area (Å²) in [6.45, 7) is 0.497. The normalized spacial score (nSPS) is 14.3. The van der Waals surface area contributed by atoms with Crippen molar-refractivity contribution in [1.29, 1.82) is 0 Å². The molecular formula is C19H20NO4S+. The van der Waals surface area contributed by atoms with Gasteiger partial charge in [-0.3, -0.25) is 4.55 Å². The summed E-state index contributed by atoms with van der Waals surface area (Å²) in [5.74, 6) is -0.0462. The van der Waals surface area contributed by atoms with Gasteiger partial charge in [0.25, 0.3) is 10.1 Å². The Balaban J connectivity index is 1.87. The van der Waals surface area contributed by atoms with E-state index in [-0.39, 0.29) is 11.5 Å². The molecule has 0 fully saturated rings. The molecule has 25 heavy (non-hydrogen) atoms. The fourth-order valence-corrected chi connectivity index (χ4v) is 3.50. The molecule has 130 valence electrons. The van der Waals surface area contributed by atoms with Crippen LogP contribution in [-0.4, -0.2) is 40.7 Å². The lowest BCUT2D eigenvalue weighted by atomic mass is 10.1. The highest BCUT2D eigenvalue weighted by Crippen LogP contribution is 2.27. The predicted octanol–water partition coefficient (Wildman–Crippen LogP) is 3.02. The van der Waals surface area contributed by atoms with Crippen LogP contribution in [0.3, 0.4) is 0 Å². The first-order valence-electron chi connectivity index (χ1n) is 8.06. The van der Waals surface area contributed by atoms with Crippen LogP contribution in [0.15, 0.2) is 54.6 Å². The minimum absolute atomic E-state index is 0.216. The van der Waals surface area contributed by atoms with Gasteiger partial charge in [0, 0.05) is 29.7 Å². The molecule has 0 spiro atoms. The van der Waals surface area contributed by atoms with Crippen LogP contribution in [0, 0.1) is 0 Å². The summed E-state index contributed by atoms with van der Waals surface area (Å²) >= 11 is 0. The molecule has 0 unspecified atom stereocenters. The Morgan fingerprint density at radius 2 is 1.76 bits per heavy atom. The molecule has 2 N–H and O–H groups in total. The van der Waals surface area contributed by atoms with E-state index < -0.39 is 10.1 Å². The van der Waals surface area contributed by atoms with Crippen LogP contribution in [0.2, 0.25) is 0 Å². The van der Waals surface area contributed by atoms with Crippen LogP contribution < -0.4 is 0 Å². The highest BCUT2D eigenvalue weighted by atomic mass is 32.2. The number of hydrogen-bond donors (Lipinski definition) is 2. The standard InChI is InChI=1S/C19H19NO4S/c21-19-9-4-2-6-15(19)10-11-17-14-16-7-1-3-8-18(16)20(17)12-5-13-25(22,23)24/h1-4,6-11H,5,12-14H2,(H,22,23,24)/p+1. The monoisotopic (exact) mass is 358 g/mol. The van der Waals surface area contributed by atoms with Crippen LogP contribution in [0.25, 0.3) is 6.08 Å². The molecule has 1 heterocycles. The number of phenolic OH excluding ortho intramolecular Hbond substituents is 1. The summed E-state index contributed by atoms with van der Waals surface area (Å²) in [4.78, 5) is 0. The van der Waals surface area contributed by atoms with Gasteiger partial charge in [-0.1, -0.05) is 36.4 Å². The lowest BCUT2D eigenvalue weighted by Crippen LogP contribution is -2.16. The Morgan fingerprint density at radius 1 is 1.04 bits per heavy atom. The minimum Gasteiger partial charge on any atom is -0.507 e. The van der Waals surface area contributed by atoms with E-state index in [0.29, 0.717) is 13.0 Å². The number of nitrogens with zero attached hydrogens (tertiary/aromatic N) is 1. The van der Waals surface area contributed by atoms with E-state index in [1.807, 2.05) is 48.6 Å². The van der Waals surface area contributed by atoms with Gasteiger partial charge in [0.2, 0.25) is 5.69 Å². The molecule has 1 aliphatic heterocycles. The maximum Gasteiger partial charge on any atom is 0.265 e. The van der Waals surface area contributed by atoms with Crippen molar-refractivity contribution in [3.63, 3.8) is 0 Å². The average Bonchev–Trinajstić information content (AvgIpc) is 2.91. The Hall–Kier alpha value is -2.44. The van der Waals surface area contributed by atoms with E-state index in [1.165, 1.54) is 5.56 Å². The number of benzene rings is 2. The summed E-state index contributed by atoms with van der Waals surface area (Å²) in [5.41, 5.74) is 3.98. The quantitative estimate of drug-likeness (QED) is 0.615. The molecule has 0 aromatic heterocycles. The molecular weight excluding hydrogens is 338 g/mol. The molecule has 1 aliphatic rings. The van der Waals surface area contributed by atoms with Gasteiger partial charge >= 0.3 is 0 Å². The van der Waals surface area contributed by atoms with Crippen molar-refractivity contribution in [2.24, 2.45) is 0 Å². The van der Waals surface area contributed by atoms with E-state index in [4.69, 9.17) is 4.55 Å². The largest absolute Gasteiger partial charge is 0.507 e. The Labute approximate surface area is 147 Å². The van der Waals surface area contributed by atoms with Crippen LogP contribution in [0.1, 0.15) is 17.5 Å². The molecule has 2 aromatic rings. The van der Waals surface area contributed by atoms with Gasteiger partial charge in [0.05, 0.1) is 12.2 Å². The van der Waals surface area contributed by atoms with E-state index >= 15 is 0 Å². The van der Waals surface area contributed by atoms with Gasteiger partial charge in [0.15, 0.2) is 5.71 Å². The third kappa shape index (κ3) is 4.35. The van der Waals surface area contributed by atoms with Gasteiger partial charge in [-0.15, -0.1) is 0 Å². The molecule has 3 rings (SSSR count). The second-order valence-electron chi connectivity index (χ2n) is 5.98. The van der Waals surface area contributed by atoms with Crippen molar-refractivity contribution in [3.05, 3.63) is 65.7 Å². The second kappa shape index (κ2) is 7.21. The Morgan fingerprint density at radius 3 is 2.52 bits per heavy atom. The topological polar surface area (TPSA) is 77.6 Å². The van der Waals surface area contributed by atoms with Crippen molar-refractivity contribution in [3.8, 4) is 5.75 Å². The zero-order valence-corrected chi connectivity index (χ0v) is 14.5. The van der Waals surface area contributed by atoms with Gasteiger partial charge in [-0.05, 0) is 12.1 Å². The molecule has 0 aliphatic carbocycles. The predicted molar refractivity (Wildman–Crippen MR) is 98.1 cm³/mol. The smallest absolute Gasteiger partial charge is 0.265 e. The van der Waals surface area contributed by atoms with Crippen LogP contribution in [0.5, 0.6) is 5.75 Å². The lowest BCUT2D eigenvalue weighted by Gasteiger charge is -2.02. The molecule has 5 nitrogen and oxygen atoms in total. The molecule has 2 aromatic carbocycles. The molecule has 0 atom stereocenters. The number of fused-ring (bicyclic) bond motifs is 1. The maximum absolute atomic E-state index is 11.0. The van der Waals surface area contributed by atoms with Crippen LogP contribution >= 0.6 is 0 Å². The van der Waals surface area contributed by atoms with Crippen molar-refractivity contribution < 1.29 is 22.7 Å². The third-order valence-electron chi connectivity index (χ3n) is 4.18. The lowest BCUT2D eigenvalue weighted by molar-refractivity contribution is -0.436.